The summed E-state index contributed by atoms with van der Waals surface area (Å²) in [5.41, 5.74) is 16.3. The van der Waals surface area contributed by atoms with E-state index in [0.29, 0.717) is 0 Å². The van der Waals surface area contributed by atoms with Crippen molar-refractivity contribution in [2.75, 3.05) is 4.90 Å². The summed E-state index contributed by atoms with van der Waals surface area (Å²) in [6, 6.07) is 97.6. The maximum atomic E-state index is 2.47. The van der Waals surface area contributed by atoms with E-state index in [4.69, 9.17) is 0 Å². The number of hydrogen-bond donors (Lipinski definition) is 0. The number of anilines is 3. The van der Waals surface area contributed by atoms with E-state index < -0.39 is 0 Å². The molecule has 0 spiro atoms. The van der Waals surface area contributed by atoms with Crippen molar-refractivity contribution in [3.63, 3.8) is 0 Å². The van der Waals surface area contributed by atoms with Crippen LogP contribution in [0.3, 0.4) is 0 Å². The highest BCUT2D eigenvalue weighted by Gasteiger charge is 2.22. The normalized spacial score (nSPS) is 11.5. The van der Waals surface area contributed by atoms with Gasteiger partial charge in [0.2, 0.25) is 0 Å². The Kier molecular flexibility index (Phi) is 9.54. The lowest BCUT2D eigenvalue weighted by molar-refractivity contribution is 1.18. The van der Waals surface area contributed by atoms with Crippen LogP contribution < -0.4 is 4.90 Å². The molecule has 0 saturated heterocycles. The average molecular weight is 865 g/mol. The highest BCUT2D eigenvalue weighted by atomic mass is 15.1. The molecule has 318 valence electrons. The number of aromatic nitrogens is 1. The second-order valence-corrected chi connectivity index (χ2v) is 17.6. The van der Waals surface area contributed by atoms with Crippen molar-refractivity contribution in [3.8, 4) is 50.2 Å². The fourth-order valence-electron chi connectivity index (χ4n) is 10.8. The van der Waals surface area contributed by atoms with E-state index >= 15 is 0 Å². The van der Waals surface area contributed by atoms with Gasteiger partial charge in [0.1, 0.15) is 0 Å². The molecule has 0 aliphatic carbocycles. The fraction of sp³-hybridized carbons (Fsp3) is 0. The molecule has 0 bridgehead atoms. The minimum atomic E-state index is 1.07. The van der Waals surface area contributed by atoms with Crippen LogP contribution in [0.2, 0.25) is 0 Å². The molecule has 0 aliphatic heterocycles. The third-order valence-corrected chi connectivity index (χ3v) is 13.8. The van der Waals surface area contributed by atoms with Crippen LogP contribution in [0.1, 0.15) is 0 Å². The molecule has 0 saturated carbocycles. The van der Waals surface area contributed by atoms with Gasteiger partial charge in [-0.3, -0.25) is 0 Å². The maximum Gasteiger partial charge on any atom is 0.0547 e. The first kappa shape index (κ1) is 39.4. The van der Waals surface area contributed by atoms with E-state index in [9.17, 15) is 0 Å². The molecule has 2 heteroatoms. The van der Waals surface area contributed by atoms with Crippen LogP contribution >= 0.6 is 0 Å². The van der Waals surface area contributed by atoms with Crippen molar-refractivity contribution in [2.24, 2.45) is 0 Å². The van der Waals surface area contributed by atoms with Crippen LogP contribution in [0.4, 0.5) is 17.1 Å². The lowest BCUT2D eigenvalue weighted by atomic mass is 9.90. The molecule has 0 N–H and O–H groups in total. The second kappa shape index (κ2) is 16.5. The summed E-state index contributed by atoms with van der Waals surface area (Å²) < 4.78 is 2.40. The molecule has 0 radical (unpaired) electrons. The van der Waals surface area contributed by atoms with Gasteiger partial charge in [0.25, 0.3) is 0 Å². The van der Waals surface area contributed by atoms with Gasteiger partial charge in [-0.25, -0.2) is 0 Å². The lowest BCUT2D eigenvalue weighted by Crippen LogP contribution is -2.11. The summed E-state index contributed by atoms with van der Waals surface area (Å²) in [7, 11) is 0. The summed E-state index contributed by atoms with van der Waals surface area (Å²) in [6.45, 7) is 0. The molecule has 0 amide bonds. The molecule has 1 aromatic heterocycles. The first-order valence-electron chi connectivity index (χ1n) is 23.4. The van der Waals surface area contributed by atoms with E-state index in [1.807, 2.05) is 0 Å². The van der Waals surface area contributed by atoms with E-state index in [0.717, 1.165) is 39.4 Å². The standard InChI is InChI=1S/C66H44N2/c1-3-19-45(20-4-1)55-34-15-22-47-23-16-37-60(65(47)55)59-31-9-11-38-62(59)67(51-28-13-24-48(43-51)54-33-17-36-57-53-30-8-7-21-46(53)41-42-58(54)57)52-29-14-25-49(44-52)56-35-18-40-64-66(56)61-32-10-12-39-63(61)68(64)50-26-5-2-6-27-50/h1-44H. The molecule has 12 aromatic carbocycles. The molecule has 0 atom stereocenters. The zero-order valence-electron chi connectivity index (χ0n) is 37.3. The van der Waals surface area contributed by atoms with Crippen LogP contribution in [0.25, 0.3) is 104 Å². The summed E-state index contributed by atoms with van der Waals surface area (Å²) in [5, 5.41) is 9.93. The van der Waals surface area contributed by atoms with Gasteiger partial charge in [-0.15, -0.1) is 0 Å². The molecular weight excluding hydrogens is 821 g/mol. The highest BCUT2D eigenvalue weighted by molar-refractivity contribution is 6.16. The van der Waals surface area contributed by atoms with E-state index in [-0.39, 0.29) is 0 Å². The topological polar surface area (TPSA) is 8.17 Å². The molecule has 13 rings (SSSR count). The van der Waals surface area contributed by atoms with Gasteiger partial charge < -0.3 is 9.47 Å². The monoisotopic (exact) mass is 864 g/mol. The third-order valence-electron chi connectivity index (χ3n) is 13.8. The highest BCUT2D eigenvalue weighted by Crippen LogP contribution is 2.47. The Balaban J connectivity index is 1.05. The van der Waals surface area contributed by atoms with Crippen LogP contribution in [-0.4, -0.2) is 4.57 Å². The Bertz CT molecular complexity index is 4030. The van der Waals surface area contributed by atoms with Crippen molar-refractivity contribution >= 4 is 71.2 Å². The minimum absolute atomic E-state index is 1.07. The summed E-state index contributed by atoms with van der Waals surface area (Å²) >= 11 is 0. The van der Waals surface area contributed by atoms with Gasteiger partial charge in [0.05, 0.1) is 16.7 Å². The molecule has 68 heavy (non-hydrogen) atoms. The van der Waals surface area contributed by atoms with Crippen molar-refractivity contribution in [3.05, 3.63) is 267 Å². The van der Waals surface area contributed by atoms with Crippen LogP contribution in [0.15, 0.2) is 267 Å². The Morgan fingerprint density at radius 1 is 0.265 bits per heavy atom. The summed E-state index contributed by atoms with van der Waals surface area (Å²) in [6.07, 6.45) is 0. The van der Waals surface area contributed by atoms with Crippen molar-refractivity contribution in [1.82, 2.24) is 4.57 Å². The Morgan fingerprint density at radius 2 is 0.779 bits per heavy atom. The van der Waals surface area contributed by atoms with Gasteiger partial charge in [-0.1, -0.05) is 212 Å². The predicted octanol–water partition coefficient (Wildman–Crippen LogP) is 18.4. The lowest BCUT2D eigenvalue weighted by Gasteiger charge is -2.29. The van der Waals surface area contributed by atoms with Gasteiger partial charge in [-0.2, -0.15) is 0 Å². The second-order valence-electron chi connectivity index (χ2n) is 17.6. The Labute approximate surface area is 395 Å². The molecule has 0 unspecified atom stereocenters. The van der Waals surface area contributed by atoms with Gasteiger partial charge >= 0.3 is 0 Å². The van der Waals surface area contributed by atoms with Gasteiger partial charge in [0.15, 0.2) is 0 Å². The van der Waals surface area contributed by atoms with Crippen molar-refractivity contribution < 1.29 is 0 Å². The van der Waals surface area contributed by atoms with Crippen LogP contribution in [-0.2, 0) is 0 Å². The number of para-hydroxylation sites is 3. The average Bonchev–Trinajstić information content (AvgIpc) is 3.76. The minimum Gasteiger partial charge on any atom is -0.310 e. The summed E-state index contributed by atoms with van der Waals surface area (Å²) in [5.74, 6) is 0. The Hall–Kier alpha value is -8.98. The number of nitrogens with zero attached hydrogens (tertiary/aromatic N) is 2. The first-order chi connectivity index (χ1) is 33.8. The van der Waals surface area contributed by atoms with E-state index in [1.54, 1.807) is 0 Å². The fourth-order valence-corrected chi connectivity index (χ4v) is 10.8. The zero-order chi connectivity index (χ0) is 45.0. The molecule has 2 nitrogen and oxygen atoms in total. The number of fused-ring (bicyclic) bond motifs is 7. The van der Waals surface area contributed by atoms with Gasteiger partial charge in [-0.05, 0) is 126 Å². The van der Waals surface area contributed by atoms with Crippen LogP contribution in [0.5, 0.6) is 0 Å². The number of rotatable bonds is 8. The zero-order valence-corrected chi connectivity index (χ0v) is 37.3. The smallest absolute Gasteiger partial charge is 0.0547 e. The number of hydrogen-bond acceptors (Lipinski definition) is 1. The predicted molar refractivity (Wildman–Crippen MR) is 290 cm³/mol. The Morgan fingerprint density at radius 3 is 1.57 bits per heavy atom. The largest absolute Gasteiger partial charge is 0.310 e. The van der Waals surface area contributed by atoms with E-state index in [2.05, 4.69) is 276 Å². The quantitative estimate of drug-likeness (QED) is 0.138. The third kappa shape index (κ3) is 6.57. The first-order valence-corrected chi connectivity index (χ1v) is 23.4. The number of benzene rings is 12. The van der Waals surface area contributed by atoms with E-state index in [1.165, 1.54) is 81.9 Å². The van der Waals surface area contributed by atoms with Crippen molar-refractivity contribution in [1.29, 1.82) is 0 Å². The van der Waals surface area contributed by atoms with Crippen LogP contribution in [0, 0.1) is 0 Å². The summed E-state index contributed by atoms with van der Waals surface area (Å²) in [4.78, 5) is 2.47. The molecule has 0 fully saturated rings. The molecule has 1 heterocycles. The molecule has 0 aliphatic rings. The SMILES string of the molecule is c1ccc(-c2cccc3cccc(-c4ccccc4N(c4cccc(-c5cccc6c5ccc5ccccc56)c4)c4cccc(-c5cccc6c5c5ccccc5n6-c5ccccc5)c4)c23)cc1. The van der Waals surface area contributed by atoms with Gasteiger partial charge in [0, 0.05) is 33.4 Å². The molecule has 13 aromatic rings. The molecular formula is C66H44N2. The van der Waals surface area contributed by atoms with Crippen molar-refractivity contribution in [2.45, 2.75) is 0 Å². The maximum absolute atomic E-state index is 2.47.